The highest BCUT2D eigenvalue weighted by molar-refractivity contribution is 8.00. The highest BCUT2D eigenvalue weighted by Crippen LogP contribution is 2.64. The molecule has 10 atom stereocenters. The predicted octanol–water partition coefficient (Wildman–Crippen LogP) is 1.85. The summed E-state index contributed by atoms with van der Waals surface area (Å²) in [7, 11) is 3.28. The number of piperidine rings is 1. The Morgan fingerprint density at radius 2 is 1.59 bits per heavy atom. The summed E-state index contributed by atoms with van der Waals surface area (Å²) < 4.78 is 40.3. The van der Waals surface area contributed by atoms with E-state index in [2.05, 4.69) is 18.0 Å². The molecule has 1 aromatic rings. The molecule has 248 valence electrons. The van der Waals surface area contributed by atoms with Crippen molar-refractivity contribution in [2.24, 2.45) is 5.92 Å². The largest absolute Gasteiger partial charge is 0.484 e. The molecule has 6 unspecified atom stereocenters. The molecule has 6 rings (SSSR count). The number of nitrogens with zero attached hydrogens (tertiary/aromatic N) is 1. The minimum Gasteiger partial charge on any atom is -0.484 e. The number of carbonyl (C=O) groups is 5. The summed E-state index contributed by atoms with van der Waals surface area (Å²) in [5, 5.41) is -0.423. The summed E-state index contributed by atoms with van der Waals surface area (Å²) >= 11 is 1.24. The average molecular weight is 660 g/mol. The van der Waals surface area contributed by atoms with Gasteiger partial charge in [0.1, 0.15) is 11.5 Å². The number of likely N-dealkylation sites (N-methyl/N-ethyl adjacent to an activating group) is 1. The van der Waals surface area contributed by atoms with Crippen molar-refractivity contribution in [1.82, 2.24) is 4.90 Å². The molecule has 2 saturated heterocycles. The first kappa shape index (κ1) is 32.3. The van der Waals surface area contributed by atoms with E-state index in [4.69, 9.17) is 33.2 Å². The molecule has 3 heterocycles. The number of benzene rings is 1. The first-order valence-corrected chi connectivity index (χ1v) is 16.1. The zero-order valence-corrected chi connectivity index (χ0v) is 27.2. The Labute approximate surface area is 270 Å². The molecule has 13 nitrogen and oxygen atoms in total. The Morgan fingerprint density at radius 3 is 2.24 bits per heavy atom. The predicted molar refractivity (Wildman–Crippen MR) is 160 cm³/mol. The lowest BCUT2D eigenvalue weighted by Crippen LogP contribution is -2.65. The number of esters is 5. The lowest BCUT2D eigenvalue weighted by Gasteiger charge is -2.57. The molecule has 1 aromatic carbocycles. The lowest BCUT2D eigenvalue weighted by molar-refractivity contribution is -0.235. The molecule has 2 bridgehead atoms. The maximum Gasteiger partial charge on any atom is 0.339 e. The van der Waals surface area contributed by atoms with Crippen LogP contribution >= 0.6 is 11.8 Å². The minimum absolute atomic E-state index is 0.107. The van der Waals surface area contributed by atoms with Gasteiger partial charge in [-0.05, 0) is 38.1 Å². The van der Waals surface area contributed by atoms with Gasteiger partial charge < -0.3 is 38.1 Å². The van der Waals surface area contributed by atoms with E-state index in [0.29, 0.717) is 11.5 Å². The molecule has 3 aliphatic heterocycles. The number of likely N-dealkylation sites (tertiary alicyclic amines) is 1. The molecule has 0 saturated carbocycles. The molecule has 0 N–H and O–H groups in total. The van der Waals surface area contributed by atoms with E-state index in [-0.39, 0.29) is 12.0 Å². The van der Waals surface area contributed by atoms with E-state index in [1.807, 2.05) is 12.1 Å². The highest BCUT2D eigenvalue weighted by Gasteiger charge is 2.65. The molecular weight excluding hydrogens is 622 g/mol. The van der Waals surface area contributed by atoms with E-state index in [0.717, 1.165) is 51.5 Å². The van der Waals surface area contributed by atoms with Gasteiger partial charge in [-0.15, -0.1) is 11.8 Å². The van der Waals surface area contributed by atoms with Crippen LogP contribution in [-0.2, 0) is 59.5 Å². The van der Waals surface area contributed by atoms with Gasteiger partial charge in [-0.2, -0.15) is 0 Å². The van der Waals surface area contributed by atoms with Crippen LogP contribution in [0.1, 0.15) is 45.2 Å². The van der Waals surface area contributed by atoms with Crippen molar-refractivity contribution in [1.29, 1.82) is 0 Å². The van der Waals surface area contributed by atoms with Crippen LogP contribution in [0, 0.1) is 5.92 Å². The third kappa shape index (κ3) is 5.33. The normalized spacial score (nSPS) is 35.2. The van der Waals surface area contributed by atoms with Crippen molar-refractivity contribution in [3.8, 4) is 11.5 Å². The molecule has 0 aromatic heterocycles. The summed E-state index contributed by atoms with van der Waals surface area (Å²) in [6.07, 6.45) is -0.236. The zero-order valence-electron chi connectivity index (χ0n) is 26.4. The van der Waals surface area contributed by atoms with Gasteiger partial charge in [-0.3, -0.25) is 19.2 Å². The van der Waals surface area contributed by atoms with Gasteiger partial charge in [0.05, 0.1) is 12.4 Å². The Morgan fingerprint density at radius 1 is 0.913 bits per heavy atom. The first-order valence-electron chi connectivity index (χ1n) is 15.2. The van der Waals surface area contributed by atoms with Crippen LogP contribution < -0.4 is 9.47 Å². The fraction of sp³-hybridized carbons (Fsp3) is 0.594. The number of carbonyl (C=O) groups excluding carboxylic acids is 5. The van der Waals surface area contributed by atoms with E-state index in [9.17, 15) is 24.0 Å². The van der Waals surface area contributed by atoms with Gasteiger partial charge in [0.15, 0.2) is 35.9 Å². The van der Waals surface area contributed by atoms with Crippen LogP contribution in [0.3, 0.4) is 0 Å². The monoisotopic (exact) mass is 659 g/mol. The molecular formula is C32H37NO12S. The summed E-state index contributed by atoms with van der Waals surface area (Å²) in [6, 6.07) is 4.01. The van der Waals surface area contributed by atoms with Crippen molar-refractivity contribution in [3.05, 3.63) is 35.4 Å². The molecule has 1 spiro atoms. The standard InChI is InChI=1S/C32H37NO12S/c1-14(34)40-21-9-7-18-13-20-19-8-10-22(29-32(19,11-12-33(20)5)23(18)24(21)44-29)46-31-28(43-17(4)37)26(42-16(3)36)25(41-15(2)35)27(45-31)30(38)39-6/h7-10,19-20,22,25-29,31H,11-13H2,1-6H3/t19?,20?,22?,25-,26+,27+,28-,29?,31?,32?/m1/s1. The van der Waals surface area contributed by atoms with Crippen LogP contribution in [0.25, 0.3) is 0 Å². The number of hydrogen-bond acceptors (Lipinski definition) is 14. The van der Waals surface area contributed by atoms with Crippen molar-refractivity contribution in [3.63, 3.8) is 0 Å². The molecule has 0 amide bonds. The van der Waals surface area contributed by atoms with Gasteiger partial charge in [-0.25, -0.2) is 4.79 Å². The Hall–Kier alpha value is -3.62. The molecule has 5 aliphatic rings. The van der Waals surface area contributed by atoms with Crippen molar-refractivity contribution < 1.29 is 57.1 Å². The lowest BCUT2D eigenvalue weighted by atomic mass is 9.53. The minimum atomic E-state index is -1.49. The summed E-state index contributed by atoms with van der Waals surface area (Å²) in [5.74, 6) is -2.52. The highest BCUT2D eigenvalue weighted by atomic mass is 32.2. The van der Waals surface area contributed by atoms with E-state index >= 15 is 0 Å². The van der Waals surface area contributed by atoms with Crippen molar-refractivity contribution >= 4 is 41.6 Å². The number of thioether (sulfide) groups is 1. The Kier molecular flexibility index (Phi) is 8.57. The number of hydrogen-bond donors (Lipinski definition) is 0. The summed E-state index contributed by atoms with van der Waals surface area (Å²) in [6.45, 7) is 5.65. The maximum atomic E-state index is 13.0. The first-order chi connectivity index (χ1) is 21.8. The van der Waals surface area contributed by atoms with E-state index < -0.39 is 76.5 Å². The fourth-order valence-electron chi connectivity index (χ4n) is 7.91. The Balaban J connectivity index is 1.42. The second kappa shape index (κ2) is 12.2. The molecule has 14 heteroatoms. The summed E-state index contributed by atoms with van der Waals surface area (Å²) in [4.78, 5) is 64.2. The van der Waals surface area contributed by atoms with Crippen LogP contribution in [-0.4, -0.2) is 103 Å². The zero-order chi connectivity index (χ0) is 33.1. The van der Waals surface area contributed by atoms with Gasteiger partial charge in [0.25, 0.3) is 0 Å². The van der Waals surface area contributed by atoms with Gasteiger partial charge >= 0.3 is 29.8 Å². The third-order valence-corrected chi connectivity index (χ3v) is 10.9. The van der Waals surface area contributed by atoms with Crippen LogP contribution in [0.5, 0.6) is 11.5 Å². The quantitative estimate of drug-likeness (QED) is 0.181. The van der Waals surface area contributed by atoms with E-state index in [1.54, 1.807) is 6.07 Å². The SMILES string of the molecule is COC(=O)[C@H]1OC(SC2C=CC3C4Cc5ccc(OC(C)=O)c6c5C3(CCN4C)C2O6)[C@H](OC(C)=O)[C@@H](OC(C)=O)[C@H]1OC(C)=O. The van der Waals surface area contributed by atoms with Crippen LogP contribution in [0.15, 0.2) is 24.3 Å². The number of methoxy groups -OCH3 is 1. The molecule has 2 aliphatic carbocycles. The van der Waals surface area contributed by atoms with Crippen LogP contribution in [0.4, 0.5) is 0 Å². The topological polar surface area (TPSA) is 153 Å². The molecule has 2 fully saturated rings. The number of rotatable bonds is 7. The van der Waals surface area contributed by atoms with E-state index in [1.165, 1.54) is 25.6 Å². The second-order valence-electron chi connectivity index (χ2n) is 12.3. The third-order valence-electron chi connectivity index (χ3n) is 9.49. The van der Waals surface area contributed by atoms with Gasteiger partial charge in [0, 0.05) is 50.6 Å². The fourth-order valence-corrected chi connectivity index (χ4v) is 9.39. The van der Waals surface area contributed by atoms with Gasteiger partial charge in [0.2, 0.25) is 0 Å². The second-order valence-corrected chi connectivity index (χ2v) is 13.6. The molecule has 46 heavy (non-hydrogen) atoms. The Bertz CT molecular complexity index is 1500. The summed E-state index contributed by atoms with van der Waals surface area (Å²) in [5.41, 5.74) is 0.641. The average Bonchev–Trinajstić information content (AvgIpc) is 3.33. The van der Waals surface area contributed by atoms with Gasteiger partial charge in [-0.1, -0.05) is 18.2 Å². The number of ether oxygens (including phenoxy) is 7. The van der Waals surface area contributed by atoms with Crippen molar-refractivity contribution in [2.75, 3.05) is 20.7 Å². The van der Waals surface area contributed by atoms with Crippen molar-refractivity contribution in [2.45, 2.75) is 93.2 Å². The molecule has 0 radical (unpaired) electrons. The smallest absolute Gasteiger partial charge is 0.339 e. The maximum absolute atomic E-state index is 13.0. The van der Waals surface area contributed by atoms with Crippen LogP contribution in [0.2, 0.25) is 0 Å².